The molecule has 0 aromatic carbocycles. The summed E-state index contributed by atoms with van der Waals surface area (Å²) in [7, 11) is 0. The first-order valence-corrected chi connectivity index (χ1v) is 11.5. The second kappa shape index (κ2) is 17.1. The fourth-order valence-corrected chi connectivity index (χ4v) is 2.88. The van der Waals surface area contributed by atoms with Crippen LogP contribution in [0.2, 0.25) is 0 Å². The first kappa shape index (κ1) is 27.2. The number of furan rings is 1. The summed E-state index contributed by atoms with van der Waals surface area (Å²) in [6.45, 7) is 13.2. The van der Waals surface area contributed by atoms with Gasteiger partial charge < -0.3 is 13.9 Å². The quantitative estimate of drug-likeness (QED) is 0.307. The molecule has 5 nitrogen and oxygen atoms in total. The standard InChI is InChI=1S/C22H36O5.C2H6/c1-5-9-11-17(7-3)15-25-21(23)19-13-14-20(27-19)22(24)26-16-18(8-4)12-10-6-2;1-2/h13-14,17-18H,5-12,15-16H2,1-4H3;1-2H3. The summed E-state index contributed by atoms with van der Waals surface area (Å²) in [5.74, 6) is -0.239. The Kier molecular flexibility index (Phi) is 16.1. The molecule has 0 aliphatic heterocycles. The molecule has 5 heteroatoms. The zero-order valence-electron chi connectivity index (χ0n) is 19.4. The zero-order valence-corrected chi connectivity index (χ0v) is 19.4. The number of hydrogen-bond donors (Lipinski definition) is 0. The largest absolute Gasteiger partial charge is 0.460 e. The van der Waals surface area contributed by atoms with Crippen LogP contribution in [0.5, 0.6) is 0 Å². The van der Waals surface area contributed by atoms with Gasteiger partial charge >= 0.3 is 11.9 Å². The average molecular weight is 411 g/mol. The molecule has 1 aromatic rings. The molecule has 0 saturated heterocycles. The predicted octanol–water partition coefficient (Wildman–Crippen LogP) is 7.05. The van der Waals surface area contributed by atoms with Crippen molar-refractivity contribution < 1.29 is 23.5 Å². The second-order valence-electron chi connectivity index (χ2n) is 7.19. The fraction of sp³-hybridized carbons (Fsp3) is 0.750. The molecule has 0 bridgehead atoms. The van der Waals surface area contributed by atoms with Crippen molar-refractivity contribution >= 4 is 11.9 Å². The van der Waals surface area contributed by atoms with E-state index >= 15 is 0 Å². The van der Waals surface area contributed by atoms with Gasteiger partial charge in [-0.15, -0.1) is 0 Å². The molecule has 0 aliphatic carbocycles. The Morgan fingerprint density at radius 3 is 1.48 bits per heavy atom. The highest BCUT2D eigenvalue weighted by Gasteiger charge is 2.20. The lowest BCUT2D eigenvalue weighted by atomic mass is 10.0. The molecule has 1 heterocycles. The van der Waals surface area contributed by atoms with Gasteiger partial charge in [-0.05, 0) is 36.8 Å². The van der Waals surface area contributed by atoms with Crippen molar-refractivity contribution in [3.8, 4) is 0 Å². The molecule has 2 unspecified atom stereocenters. The fourth-order valence-electron chi connectivity index (χ4n) is 2.88. The molecule has 1 aromatic heterocycles. The minimum absolute atomic E-state index is 0.0466. The van der Waals surface area contributed by atoms with Crippen LogP contribution in [0.15, 0.2) is 16.5 Å². The molecule has 0 saturated carbocycles. The first-order valence-electron chi connectivity index (χ1n) is 11.5. The van der Waals surface area contributed by atoms with Crippen LogP contribution in [-0.4, -0.2) is 25.2 Å². The molecule has 29 heavy (non-hydrogen) atoms. The smallest absolute Gasteiger partial charge is 0.374 e. The summed E-state index contributed by atoms with van der Waals surface area (Å²) in [6, 6.07) is 2.95. The van der Waals surface area contributed by atoms with E-state index in [2.05, 4.69) is 27.7 Å². The number of carbonyl (C=O) groups excluding carboxylic acids is 2. The monoisotopic (exact) mass is 410 g/mol. The van der Waals surface area contributed by atoms with Crippen LogP contribution >= 0.6 is 0 Å². The third kappa shape index (κ3) is 11.1. The van der Waals surface area contributed by atoms with Gasteiger partial charge in [0.15, 0.2) is 0 Å². The molecule has 0 fully saturated rings. The lowest BCUT2D eigenvalue weighted by Crippen LogP contribution is -2.14. The van der Waals surface area contributed by atoms with Gasteiger partial charge in [-0.25, -0.2) is 9.59 Å². The number of unbranched alkanes of at least 4 members (excludes halogenated alkanes) is 2. The maximum atomic E-state index is 12.1. The van der Waals surface area contributed by atoms with E-state index < -0.39 is 11.9 Å². The van der Waals surface area contributed by atoms with Crippen molar-refractivity contribution in [2.75, 3.05) is 13.2 Å². The van der Waals surface area contributed by atoms with Crippen molar-refractivity contribution in [1.82, 2.24) is 0 Å². The SMILES string of the molecule is CC.CCCCC(CC)COC(=O)c1ccc(C(=O)OCC(CC)CCCC)o1. The van der Waals surface area contributed by atoms with Crippen LogP contribution in [-0.2, 0) is 9.47 Å². The number of ether oxygens (including phenoxy) is 2. The first-order chi connectivity index (χ1) is 14.0. The van der Waals surface area contributed by atoms with Crippen LogP contribution in [0.1, 0.15) is 114 Å². The minimum atomic E-state index is -0.529. The Labute approximate surface area is 177 Å². The molecule has 0 N–H and O–H groups in total. The lowest BCUT2D eigenvalue weighted by molar-refractivity contribution is 0.0357. The van der Waals surface area contributed by atoms with E-state index in [9.17, 15) is 9.59 Å². The van der Waals surface area contributed by atoms with Crippen LogP contribution in [0.4, 0.5) is 0 Å². The molecule has 0 aliphatic rings. The molecular weight excluding hydrogens is 368 g/mol. The van der Waals surface area contributed by atoms with Crippen molar-refractivity contribution in [1.29, 1.82) is 0 Å². The summed E-state index contributed by atoms with van der Waals surface area (Å²) in [4.78, 5) is 24.3. The Balaban J connectivity index is 0.00000379. The zero-order chi connectivity index (χ0) is 22.1. The van der Waals surface area contributed by atoms with Gasteiger partial charge in [-0.3, -0.25) is 0 Å². The number of hydrogen-bond acceptors (Lipinski definition) is 5. The number of rotatable bonds is 14. The predicted molar refractivity (Wildman–Crippen MR) is 117 cm³/mol. The van der Waals surface area contributed by atoms with Gasteiger partial charge in [0, 0.05) is 0 Å². The molecule has 0 spiro atoms. The normalized spacial score (nSPS) is 12.5. The molecule has 0 radical (unpaired) electrons. The van der Waals surface area contributed by atoms with E-state index in [0.717, 1.165) is 51.4 Å². The maximum Gasteiger partial charge on any atom is 0.374 e. The van der Waals surface area contributed by atoms with E-state index in [1.165, 1.54) is 12.1 Å². The van der Waals surface area contributed by atoms with Gasteiger partial charge in [-0.1, -0.05) is 80.1 Å². The van der Waals surface area contributed by atoms with E-state index in [0.29, 0.717) is 25.0 Å². The van der Waals surface area contributed by atoms with Gasteiger partial charge in [0.05, 0.1) is 13.2 Å². The average Bonchev–Trinajstić information content (AvgIpc) is 3.25. The van der Waals surface area contributed by atoms with Gasteiger partial charge in [0.2, 0.25) is 11.5 Å². The van der Waals surface area contributed by atoms with E-state index in [-0.39, 0.29) is 11.5 Å². The second-order valence-corrected chi connectivity index (χ2v) is 7.19. The van der Waals surface area contributed by atoms with Crippen LogP contribution in [0.3, 0.4) is 0 Å². The third-order valence-electron chi connectivity index (χ3n) is 5.00. The highest BCUT2D eigenvalue weighted by atomic mass is 16.6. The van der Waals surface area contributed by atoms with Crippen molar-refractivity contribution in [2.24, 2.45) is 11.8 Å². The summed E-state index contributed by atoms with van der Waals surface area (Å²) in [5.41, 5.74) is 0. The van der Waals surface area contributed by atoms with Crippen LogP contribution < -0.4 is 0 Å². The molecule has 168 valence electrons. The third-order valence-corrected chi connectivity index (χ3v) is 5.00. The molecule has 2 atom stereocenters. The molecular formula is C24H42O5. The Morgan fingerprint density at radius 1 is 0.793 bits per heavy atom. The Bertz CT molecular complexity index is 503. The molecule has 0 amide bonds. The lowest BCUT2D eigenvalue weighted by Gasteiger charge is -2.14. The van der Waals surface area contributed by atoms with E-state index in [1.54, 1.807) is 0 Å². The highest BCUT2D eigenvalue weighted by molar-refractivity contribution is 5.90. The number of carbonyl (C=O) groups is 2. The summed E-state index contributed by atoms with van der Waals surface area (Å²) < 4.78 is 16.0. The van der Waals surface area contributed by atoms with Crippen LogP contribution in [0, 0.1) is 11.8 Å². The van der Waals surface area contributed by atoms with Crippen LogP contribution in [0.25, 0.3) is 0 Å². The van der Waals surface area contributed by atoms with E-state index in [1.807, 2.05) is 13.8 Å². The maximum absolute atomic E-state index is 12.1. The summed E-state index contributed by atoms with van der Waals surface area (Å²) in [6.07, 6.45) is 8.56. The highest BCUT2D eigenvalue weighted by Crippen LogP contribution is 2.17. The van der Waals surface area contributed by atoms with Crippen molar-refractivity contribution in [2.45, 2.75) is 92.9 Å². The number of esters is 2. The van der Waals surface area contributed by atoms with Gasteiger partial charge in [0.25, 0.3) is 0 Å². The van der Waals surface area contributed by atoms with Crippen molar-refractivity contribution in [3.05, 3.63) is 23.7 Å². The van der Waals surface area contributed by atoms with Gasteiger partial charge in [0.1, 0.15) is 0 Å². The molecule has 1 rings (SSSR count). The topological polar surface area (TPSA) is 65.7 Å². The van der Waals surface area contributed by atoms with E-state index in [4.69, 9.17) is 13.9 Å². The Morgan fingerprint density at radius 2 is 1.17 bits per heavy atom. The Hall–Kier alpha value is -1.78. The summed E-state index contributed by atoms with van der Waals surface area (Å²) >= 11 is 0. The minimum Gasteiger partial charge on any atom is -0.460 e. The summed E-state index contributed by atoms with van der Waals surface area (Å²) in [5, 5.41) is 0. The van der Waals surface area contributed by atoms with Crippen molar-refractivity contribution in [3.63, 3.8) is 0 Å². The van der Waals surface area contributed by atoms with Gasteiger partial charge in [-0.2, -0.15) is 0 Å².